The molecule has 1 amide bonds. The number of piperazine rings is 1. The quantitative estimate of drug-likeness (QED) is 0.715. The van der Waals surface area contributed by atoms with Gasteiger partial charge in [0.15, 0.2) is 23.1 Å². The maximum absolute atomic E-state index is 12.6. The van der Waals surface area contributed by atoms with Crippen molar-refractivity contribution in [2.75, 3.05) is 49.7 Å². The predicted octanol–water partition coefficient (Wildman–Crippen LogP) is 2.58. The maximum Gasteiger partial charge on any atom is 0.238 e. The van der Waals surface area contributed by atoms with Gasteiger partial charge in [-0.1, -0.05) is 0 Å². The summed E-state index contributed by atoms with van der Waals surface area (Å²) in [5, 5.41) is 2.85. The van der Waals surface area contributed by atoms with Crippen molar-refractivity contribution in [3.63, 3.8) is 0 Å². The van der Waals surface area contributed by atoms with Crippen LogP contribution in [-0.2, 0) is 4.79 Å². The van der Waals surface area contributed by atoms with Crippen LogP contribution in [0.1, 0.15) is 34.6 Å². The van der Waals surface area contributed by atoms with E-state index in [-0.39, 0.29) is 30.8 Å². The minimum absolute atomic E-state index is 0.0535. The summed E-state index contributed by atoms with van der Waals surface area (Å²) in [5.74, 6) is 0.747. The van der Waals surface area contributed by atoms with Gasteiger partial charge in [-0.05, 0) is 44.2 Å². The fraction of sp³-hybridized carbons (Fsp3) is 0.348. The molecule has 1 N–H and O–H groups in total. The molecule has 0 bridgehead atoms. The van der Waals surface area contributed by atoms with E-state index in [0.29, 0.717) is 28.3 Å². The molecule has 8 nitrogen and oxygen atoms in total. The number of carbonyl (C=O) groups is 3. The highest BCUT2D eigenvalue weighted by molar-refractivity contribution is 6.05. The molecule has 2 aliphatic heterocycles. The molecule has 162 valence electrons. The lowest BCUT2D eigenvalue weighted by Crippen LogP contribution is -2.48. The van der Waals surface area contributed by atoms with E-state index in [2.05, 4.69) is 15.1 Å². The molecule has 1 fully saturated rings. The molecule has 2 heterocycles. The highest BCUT2D eigenvalue weighted by atomic mass is 16.7. The zero-order valence-electron chi connectivity index (χ0n) is 17.6. The van der Waals surface area contributed by atoms with Gasteiger partial charge >= 0.3 is 0 Å². The number of nitrogens with zero attached hydrogens (tertiary/aromatic N) is 2. The molecule has 1 saturated heterocycles. The number of fused-ring (bicyclic) bond motifs is 1. The van der Waals surface area contributed by atoms with Gasteiger partial charge in [-0.2, -0.15) is 0 Å². The number of rotatable bonds is 6. The summed E-state index contributed by atoms with van der Waals surface area (Å²) in [6.07, 6.45) is 0. The van der Waals surface area contributed by atoms with E-state index in [4.69, 9.17) is 9.47 Å². The van der Waals surface area contributed by atoms with Crippen molar-refractivity contribution in [3.8, 4) is 11.5 Å². The molecule has 0 radical (unpaired) electrons. The largest absolute Gasteiger partial charge is 0.454 e. The van der Waals surface area contributed by atoms with Crippen LogP contribution in [0.2, 0.25) is 0 Å². The Labute approximate surface area is 180 Å². The van der Waals surface area contributed by atoms with Crippen LogP contribution < -0.4 is 19.7 Å². The molecule has 0 saturated carbocycles. The average Bonchev–Trinajstić information content (AvgIpc) is 3.21. The molecule has 8 heteroatoms. The molecule has 0 spiro atoms. The fourth-order valence-electron chi connectivity index (χ4n) is 3.80. The number of anilines is 2. The van der Waals surface area contributed by atoms with E-state index in [1.807, 2.05) is 24.3 Å². The number of amides is 1. The van der Waals surface area contributed by atoms with Gasteiger partial charge in [0.2, 0.25) is 12.7 Å². The van der Waals surface area contributed by atoms with Gasteiger partial charge in [-0.25, -0.2) is 0 Å². The van der Waals surface area contributed by atoms with Crippen molar-refractivity contribution in [2.45, 2.75) is 13.8 Å². The van der Waals surface area contributed by atoms with Crippen LogP contribution in [-0.4, -0.2) is 61.9 Å². The monoisotopic (exact) mass is 423 g/mol. The number of ether oxygens (including phenoxy) is 2. The number of benzene rings is 2. The van der Waals surface area contributed by atoms with Crippen LogP contribution >= 0.6 is 0 Å². The molecule has 2 aromatic rings. The summed E-state index contributed by atoms with van der Waals surface area (Å²) in [6, 6.07) is 10.9. The van der Waals surface area contributed by atoms with E-state index >= 15 is 0 Å². The first-order valence-corrected chi connectivity index (χ1v) is 10.2. The Morgan fingerprint density at radius 2 is 1.55 bits per heavy atom. The summed E-state index contributed by atoms with van der Waals surface area (Å²) in [6.45, 7) is 6.40. The van der Waals surface area contributed by atoms with E-state index in [1.54, 1.807) is 19.1 Å². The summed E-state index contributed by atoms with van der Waals surface area (Å²) in [4.78, 5) is 40.4. The molecule has 4 rings (SSSR count). The van der Waals surface area contributed by atoms with E-state index < -0.39 is 0 Å². The van der Waals surface area contributed by atoms with Gasteiger partial charge in [0.05, 0.1) is 12.2 Å². The minimum Gasteiger partial charge on any atom is -0.454 e. The Morgan fingerprint density at radius 3 is 2.16 bits per heavy atom. The highest BCUT2D eigenvalue weighted by Crippen LogP contribution is 2.37. The van der Waals surface area contributed by atoms with Gasteiger partial charge in [0.25, 0.3) is 0 Å². The maximum atomic E-state index is 12.6. The average molecular weight is 423 g/mol. The topological polar surface area (TPSA) is 88.2 Å². The molecule has 0 unspecified atom stereocenters. The number of hydrogen-bond donors (Lipinski definition) is 1. The SMILES string of the molecule is CC(=O)c1ccc(N2CCN(CC(=O)Nc3cc4c(cc3C(C)=O)OCO4)CC2)cc1. The van der Waals surface area contributed by atoms with Crippen molar-refractivity contribution < 1.29 is 23.9 Å². The number of nitrogens with one attached hydrogen (secondary N) is 1. The van der Waals surface area contributed by atoms with Gasteiger partial charge < -0.3 is 19.7 Å². The number of hydrogen-bond acceptors (Lipinski definition) is 7. The van der Waals surface area contributed by atoms with Gasteiger partial charge in [-0.15, -0.1) is 0 Å². The van der Waals surface area contributed by atoms with Gasteiger partial charge in [-0.3, -0.25) is 19.3 Å². The third kappa shape index (κ3) is 4.69. The zero-order valence-corrected chi connectivity index (χ0v) is 17.6. The lowest BCUT2D eigenvalue weighted by molar-refractivity contribution is -0.117. The van der Waals surface area contributed by atoms with Crippen molar-refractivity contribution >= 4 is 28.8 Å². The number of carbonyl (C=O) groups excluding carboxylic acids is 3. The fourth-order valence-corrected chi connectivity index (χ4v) is 3.80. The third-order valence-electron chi connectivity index (χ3n) is 5.54. The second-order valence-corrected chi connectivity index (χ2v) is 7.72. The van der Waals surface area contributed by atoms with Crippen molar-refractivity contribution in [2.24, 2.45) is 0 Å². The normalized spacial score (nSPS) is 15.6. The molecule has 31 heavy (non-hydrogen) atoms. The van der Waals surface area contributed by atoms with Gasteiger partial charge in [0.1, 0.15) is 0 Å². The summed E-state index contributed by atoms with van der Waals surface area (Å²) in [7, 11) is 0. The lowest BCUT2D eigenvalue weighted by Gasteiger charge is -2.35. The Hall–Kier alpha value is -3.39. The highest BCUT2D eigenvalue weighted by Gasteiger charge is 2.23. The molecular weight excluding hydrogens is 398 g/mol. The summed E-state index contributed by atoms with van der Waals surface area (Å²) in [5.41, 5.74) is 2.61. The van der Waals surface area contributed by atoms with Crippen LogP contribution in [0.3, 0.4) is 0 Å². The first-order chi connectivity index (χ1) is 14.9. The smallest absolute Gasteiger partial charge is 0.238 e. The molecule has 2 aromatic carbocycles. The third-order valence-corrected chi connectivity index (χ3v) is 5.54. The zero-order chi connectivity index (χ0) is 22.0. The van der Waals surface area contributed by atoms with Crippen LogP contribution in [0, 0.1) is 0 Å². The lowest BCUT2D eigenvalue weighted by atomic mass is 10.1. The molecular formula is C23H25N3O5. The predicted molar refractivity (Wildman–Crippen MR) is 116 cm³/mol. The van der Waals surface area contributed by atoms with Crippen molar-refractivity contribution in [1.82, 2.24) is 4.90 Å². The molecule has 0 aliphatic carbocycles. The first kappa shape index (κ1) is 20.9. The Kier molecular flexibility index (Phi) is 5.90. The van der Waals surface area contributed by atoms with Gasteiger partial charge in [0, 0.05) is 49.1 Å². The van der Waals surface area contributed by atoms with Crippen LogP contribution in [0.15, 0.2) is 36.4 Å². The van der Waals surface area contributed by atoms with E-state index in [1.165, 1.54) is 6.92 Å². The second kappa shape index (κ2) is 8.77. The molecule has 0 aromatic heterocycles. The van der Waals surface area contributed by atoms with E-state index in [0.717, 1.165) is 31.9 Å². The Morgan fingerprint density at radius 1 is 0.903 bits per heavy atom. The first-order valence-electron chi connectivity index (χ1n) is 10.2. The Bertz CT molecular complexity index is 1010. The standard InChI is InChI=1S/C23H25N3O5/c1-15(27)17-3-5-18(6-4-17)26-9-7-25(8-10-26)13-23(29)24-20-12-22-21(30-14-31-22)11-19(20)16(2)28/h3-6,11-12H,7-10,13-14H2,1-2H3,(H,24,29). The second-order valence-electron chi connectivity index (χ2n) is 7.72. The summed E-state index contributed by atoms with van der Waals surface area (Å²) < 4.78 is 10.7. The number of ketones is 2. The van der Waals surface area contributed by atoms with Crippen LogP contribution in [0.25, 0.3) is 0 Å². The van der Waals surface area contributed by atoms with Crippen LogP contribution in [0.4, 0.5) is 11.4 Å². The summed E-state index contributed by atoms with van der Waals surface area (Å²) >= 11 is 0. The van der Waals surface area contributed by atoms with Crippen molar-refractivity contribution in [3.05, 3.63) is 47.5 Å². The number of Topliss-reactive ketones (excluding diaryl/α,β-unsaturated/α-hetero) is 2. The molecule has 2 aliphatic rings. The minimum atomic E-state index is -0.180. The van der Waals surface area contributed by atoms with Crippen LogP contribution in [0.5, 0.6) is 11.5 Å². The van der Waals surface area contributed by atoms with Crippen molar-refractivity contribution in [1.29, 1.82) is 0 Å². The molecule has 0 atom stereocenters. The van der Waals surface area contributed by atoms with E-state index in [9.17, 15) is 14.4 Å². The Balaban J connectivity index is 1.33.